The number of nitrogens with two attached hydrogens (primary N) is 2. The van der Waals surface area contributed by atoms with Gasteiger partial charge >= 0.3 is 5.97 Å². The van der Waals surface area contributed by atoms with Crippen LogP contribution in [0.2, 0.25) is 0 Å². The number of aromatic amines is 1. The maximum absolute atomic E-state index is 12.0. The molecular weight excluding hydrogens is 372 g/mol. The molecule has 0 amide bonds. The zero-order valence-corrected chi connectivity index (χ0v) is 16.2. The summed E-state index contributed by atoms with van der Waals surface area (Å²) in [4.78, 5) is 30.5. The second-order valence-electron chi connectivity index (χ2n) is 6.27. The maximum Gasteiger partial charge on any atom is 0.309 e. The van der Waals surface area contributed by atoms with Crippen molar-refractivity contribution in [3.63, 3.8) is 0 Å². The Morgan fingerprint density at radius 1 is 1.14 bits per heavy atom. The summed E-state index contributed by atoms with van der Waals surface area (Å²) in [6.45, 7) is 2.27. The minimum absolute atomic E-state index is 0.0429. The fourth-order valence-electron chi connectivity index (χ4n) is 2.97. The number of rotatable bonds is 6. The van der Waals surface area contributed by atoms with Gasteiger partial charge in [0.25, 0.3) is 5.56 Å². The van der Waals surface area contributed by atoms with E-state index in [1.807, 2.05) is 43.3 Å². The zero-order chi connectivity index (χ0) is 21.0. The number of hydrogen-bond acceptors (Lipinski definition) is 7. The number of H-pyrrole nitrogens is 1. The number of nitrogens with zero attached hydrogens (tertiary/aromatic N) is 1. The van der Waals surface area contributed by atoms with Crippen LogP contribution in [0, 0.1) is 0 Å². The Bertz CT molecular complexity index is 1110. The summed E-state index contributed by atoms with van der Waals surface area (Å²) in [5.41, 5.74) is 13.8. The van der Waals surface area contributed by atoms with Gasteiger partial charge in [-0.15, -0.1) is 0 Å². The number of methoxy groups -OCH3 is 1. The highest BCUT2D eigenvalue weighted by Gasteiger charge is 2.15. The lowest BCUT2D eigenvalue weighted by Gasteiger charge is -2.14. The first-order valence-corrected chi connectivity index (χ1v) is 9.02. The molecule has 0 bridgehead atoms. The molecule has 0 spiro atoms. The zero-order valence-electron chi connectivity index (χ0n) is 16.2. The number of nitrogen functional groups attached to an aromatic ring is 2. The lowest BCUT2D eigenvalue weighted by atomic mass is 9.96. The van der Waals surface area contributed by atoms with E-state index < -0.39 is 5.56 Å². The first kappa shape index (κ1) is 19.9. The Balaban J connectivity index is 2.11. The van der Waals surface area contributed by atoms with Crippen molar-refractivity contribution >= 4 is 17.5 Å². The third-order valence-electron chi connectivity index (χ3n) is 4.41. The van der Waals surface area contributed by atoms with Crippen molar-refractivity contribution in [3.05, 3.63) is 58.4 Å². The summed E-state index contributed by atoms with van der Waals surface area (Å²) in [6.07, 6.45) is 0.155. The van der Waals surface area contributed by atoms with Gasteiger partial charge in [0.2, 0.25) is 0 Å². The van der Waals surface area contributed by atoms with Crippen LogP contribution in [-0.2, 0) is 16.0 Å². The fraction of sp³-hybridized carbons (Fsp3) is 0.190. The number of anilines is 2. The number of carbonyl (C=O) groups excluding carboxylic acids is 1. The molecule has 8 heteroatoms. The maximum atomic E-state index is 12.0. The largest absolute Gasteiger partial charge is 0.493 e. The van der Waals surface area contributed by atoms with Crippen LogP contribution in [0.15, 0.2) is 47.3 Å². The number of nitrogens with one attached hydrogen (secondary N) is 1. The van der Waals surface area contributed by atoms with Crippen molar-refractivity contribution in [1.82, 2.24) is 9.97 Å². The molecule has 3 aromatic rings. The molecule has 2 aromatic carbocycles. The topological polar surface area (TPSA) is 133 Å². The predicted molar refractivity (Wildman–Crippen MR) is 111 cm³/mol. The van der Waals surface area contributed by atoms with Crippen LogP contribution >= 0.6 is 0 Å². The molecule has 0 radical (unpaired) electrons. The third-order valence-corrected chi connectivity index (χ3v) is 4.41. The molecule has 0 saturated carbocycles. The van der Waals surface area contributed by atoms with Gasteiger partial charge < -0.3 is 25.9 Å². The smallest absolute Gasteiger partial charge is 0.309 e. The van der Waals surface area contributed by atoms with Crippen molar-refractivity contribution in [2.75, 3.05) is 25.2 Å². The highest BCUT2D eigenvalue weighted by atomic mass is 16.5. The molecule has 0 aliphatic rings. The van der Waals surface area contributed by atoms with Crippen LogP contribution in [0.1, 0.15) is 12.5 Å². The van der Waals surface area contributed by atoms with Crippen molar-refractivity contribution in [2.45, 2.75) is 13.3 Å². The minimum atomic E-state index is -0.512. The summed E-state index contributed by atoms with van der Waals surface area (Å²) in [6, 6.07) is 13.0. The van der Waals surface area contributed by atoms with Crippen LogP contribution in [-0.4, -0.2) is 29.7 Å². The minimum Gasteiger partial charge on any atom is -0.493 e. The molecular formula is C21H22N4O4. The van der Waals surface area contributed by atoms with E-state index in [0.29, 0.717) is 17.9 Å². The second kappa shape index (κ2) is 8.47. The molecule has 5 N–H and O–H groups in total. The van der Waals surface area contributed by atoms with Crippen LogP contribution in [0.5, 0.6) is 5.75 Å². The van der Waals surface area contributed by atoms with Crippen molar-refractivity contribution in [1.29, 1.82) is 0 Å². The van der Waals surface area contributed by atoms with Gasteiger partial charge in [-0.2, -0.15) is 0 Å². The van der Waals surface area contributed by atoms with Crippen molar-refractivity contribution in [2.24, 2.45) is 0 Å². The number of benzene rings is 2. The number of esters is 1. The van der Waals surface area contributed by atoms with Gasteiger partial charge in [-0.05, 0) is 35.7 Å². The first-order chi connectivity index (χ1) is 13.9. The van der Waals surface area contributed by atoms with E-state index in [1.54, 1.807) is 6.07 Å². The number of hydrogen-bond donors (Lipinski definition) is 3. The van der Waals surface area contributed by atoms with E-state index in [-0.39, 0.29) is 29.7 Å². The number of carbonyl (C=O) groups is 1. The number of ether oxygens (including phenoxy) is 2. The number of aromatic nitrogens is 2. The molecule has 0 fully saturated rings. The molecule has 3 rings (SSSR count). The summed E-state index contributed by atoms with van der Waals surface area (Å²) < 4.78 is 10.6. The monoisotopic (exact) mass is 394 g/mol. The van der Waals surface area contributed by atoms with E-state index in [0.717, 1.165) is 16.7 Å². The standard InChI is InChI=1S/C21H22N4O4/c1-3-29-16-10-13(14-7-5-4-6-12(14)11-17(26)28-2)8-9-15(16)20-24-19(23)18(22)21(27)25-20/h4-10H,3,11,22H2,1-2H3,(H3,23,24,25,27). The van der Waals surface area contributed by atoms with Gasteiger partial charge in [-0.1, -0.05) is 30.3 Å². The molecule has 0 aliphatic heterocycles. The van der Waals surface area contributed by atoms with Gasteiger partial charge in [-0.25, -0.2) is 4.98 Å². The quantitative estimate of drug-likeness (QED) is 0.547. The normalized spacial score (nSPS) is 10.6. The van der Waals surface area contributed by atoms with E-state index in [1.165, 1.54) is 7.11 Å². The highest BCUT2D eigenvalue weighted by molar-refractivity contribution is 5.80. The van der Waals surface area contributed by atoms with Gasteiger partial charge in [-0.3, -0.25) is 9.59 Å². The van der Waals surface area contributed by atoms with Crippen LogP contribution in [0.4, 0.5) is 11.5 Å². The van der Waals surface area contributed by atoms with Crippen LogP contribution < -0.4 is 21.8 Å². The van der Waals surface area contributed by atoms with Crippen molar-refractivity contribution in [3.8, 4) is 28.3 Å². The van der Waals surface area contributed by atoms with Crippen LogP contribution in [0.25, 0.3) is 22.5 Å². The molecule has 0 atom stereocenters. The molecule has 29 heavy (non-hydrogen) atoms. The summed E-state index contributed by atoms with van der Waals surface area (Å²) in [7, 11) is 1.36. The Morgan fingerprint density at radius 2 is 1.90 bits per heavy atom. The molecule has 0 aliphatic carbocycles. The Kier molecular flexibility index (Phi) is 5.82. The van der Waals surface area contributed by atoms with Gasteiger partial charge in [0, 0.05) is 0 Å². The Morgan fingerprint density at radius 3 is 2.59 bits per heavy atom. The lowest BCUT2D eigenvalue weighted by Crippen LogP contribution is -2.17. The molecule has 0 saturated heterocycles. The third kappa shape index (κ3) is 4.21. The van der Waals surface area contributed by atoms with E-state index in [9.17, 15) is 9.59 Å². The van der Waals surface area contributed by atoms with E-state index in [2.05, 4.69) is 9.97 Å². The molecule has 150 valence electrons. The fourth-order valence-corrected chi connectivity index (χ4v) is 2.97. The summed E-state index contributed by atoms with van der Waals surface area (Å²) >= 11 is 0. The van der Waals surface area contributed by atoms with Gasteiger partial charge in [0.1, 0.15) is 17.3 Å². The molecule has 0 unspecified atom stereocenters. The average Bonchev–Trinajstić information content (AvgIpc) is 2.72. The summed E-state index contributed by atoms with van der Waals surface area (Å²) in [5.74, 6) is 0.418. The Labute approximate surface area is 167 Å². The molecule has 1 heterocycles. The molecule has 8 nitrogen and oxygen atoms in total. The molecule has 1 aromatic heterocycles. The predicted octanol–water partition coefficient (Wildman–Crippen LogP) is 2.38. The second-order valence-corrected chi connectivity index (χ2v) is 6.27. The van der Waals surface area contributed by atoms with E-state index in [4.69, 9.17) is 20.9 Å². The van der Waals surface area contributed by atoms with Gasteiger partial charge in [0.15, 0.2) is 5.82 Å². The SMILES string of the molecule is CCOc1cc(-c2ccccc2CC(=O)OC)ccc1-c1nc(N)c(N)c(=O)[nH]1. The van der Waals surface area contributed by atoms with Crippen LogP contribution in [0.3, 0.4) is 0 Å². The summed E-state index contributed by atoms with van der Waals surface area (Å²) in [5, 5.41) is 0. The van der Waals surface area contributed by atoms with Gasteiger partial charge in [0.05, 0.1) is 25.7 Å². The van der Waals surface area contributed by atoms with E-state index >= 15 is 0 Å². The lowest BCUT2D eigenvalue weighted by molar-refractivity contribution is -0.139. The Hall–Kier alpha value is -3.81. The average molecular weight is 394 g/mol. The highest BCUT2D eigenvalue weighted by Crippen LogP contribution is 2.34. The first-order valence-electron chi connectivity index (χ1n) is 9.02. The van der Waals surface area contributed by atoms with Crippen molar-refractivity contribution < 1.29 is 14.3 Å².